The van der Waals surface area contributed by atoms with E-state index in [0.29, 0.717) is 5.92 Å². The Balaban J connectivity index is 1.97. The number of pyridine rings is 1. The maximum absolute atomic E-state index is 11.7. The normalized spacial score (nSPS) is 19.6. The third kappa shape index (κ3) is 1.88. The van der Waals surface area contributed by atoms with Crippen LogP contribution in [0.5, 0.6) is 0 Å². The van der Waals surface area contributed by atoms with Gasteiger partial charge in [0.2, 0.25) is 0 Å². The molecule has 1 unspecified atom stereocenters. The summed E-state index contributed by atoms with van der Waals surface area (Å²) in [6.45, 7) is 2.81. The van der Waals surface area contributed by atoms with Crippen LogP contribution in [0, 0.1) is 5.92 Å². The quantitative estimate of drug-likeness (QED) is 0.836. The summed E-state index contributed by atoms with van der Waals surface area (Å²) in [6, 6.07) is 7.54. The number of fused-ring (bicyclic) bond motifs is 1. The van der Waals surface area contributed by atoms with Gasteiger partial charge in [-0.25, -0.2) is 0 Å². The van der Waals surface area contributed by atoms with Crippen molar-refractivity contribution in [2.24, 2.45) is 11.7 Å². The topological polar surface area (TPSA) is 62.1 Å². The number of hydrogen-bond donors (Lipinski definition) is 2. The molecule has 4 nitrogen and oxygen atoms in total. The molecule has 1 saturated heterocycles. The number of rotatable bonds is 2. The summed E-state index contributed by atoms with van der Waals surface area (Å²) >= 11 is 0. The first-order valence-corrected chi connectivity index (χ1v) is 6.34. The van der Waals surface area contributed by atoms with E-state index in [1.807, 2.05) is 12.1 Å². The van der Waals surface area contributed by atoms with Crippen LogP contribution in [0.2, 0.25) is 0 Å². The highest BCUT2D eigenvalue weighted by Gasteiger charge is 2.21. The van der Waals surface area contributed by atoms with E-state index < -0.39 is 0 Å². The van der Waals surface area contributed by atoms with E-state index in [2.05, 4.69) is 16.0 Å². The molecule has 0 spiro atoms. The van der Waals surface area contributed by atoms with Gasteiger partial charge in [0.05, 0.1) is 5.52 Å². The molecule has 18 heavy (non-hydrogen) atoms. The molecule has 3 N–H and O–H groups in total. The number of hydrogen-bond acceptors (Lipinski definition) is 3. The van der Waals surface area contributed by atoms with Crippen molar-refractivity contribution in [2.75, 3.05) is 24.5 Å². The van der Waals surface area contributed by atoms with E-state index in [1.165, 1.54) is 5.69 Å². The van der Waals surface area contributed by atoms with Crippen molar-refractivity contribution in [3.63, 3.8) is 0 Å². The van der Waals surface area contributed by atoms with Gasteiger partial charge in [0.1, 0.15) is 0 Å². The molecular weight excluding hydrogens is 226 g/mol. The fraction of sp³-hybridized carbons (Fsp3) is 0.357. The Kier molecular flexibility index (Phi) is 2.80. The average molecular weight is 243 g/mol. The van der Waals surface area contributed by atoms with Crippen LogP contribution in [0.25, 0.3) is 10.9 Å². The lowest BCUT2D eigenvalue weighted by atomic mass is 10.1. The molecule has 94 valence electrons. The Morgan fingerprint density at radius 3 is 3.06 bits per heavy atom. The zero-order valence-electron chi connectivity index (χ0n) is 10.2. The van der Waals surface area contributed by atoms with Gasteiger partial charge < -0.3 is 15.6 Å². The summed E-state index contributed by atoms with van der Waals surface area (Å²) in [5, 5.41) is 0.746. The van der Waals surface area contributed by atoms with Gasteiger partial charge in [-0.2, -0.15) is 0 Å². The van der Waals surface area contributed by atoms with Gasteiger partial charge in [0.15, 0.2) is 5.43 Å². The molecule has 1 aliphatic heterocycles. The standard InChI is InChI=1S/C14H17N3O/c15-8-10-4-6-17(9-10)11-1-2-12-13(7-11)16-5-3-14(12)18/h1-3,5,7,10H,4,6,8-9,15H2,(H,16,18). The van der Waals surface area contributed by atoms with Crippen molar-refractivity contribution in [1.82, 2.24) is 4.98 Å². The van der Waals surface area contributed by atoms with Gasteiger partial charge in [0.25, 0.3) is 0 Å². The highest BCUT2D eigenvalue weighted by molar-refractivity contribution is 5.82. The number of nitrogens with one attached hydrogen (secondary N) is 1. The van der Waals surface area contributed by atoms with Crippen molar-refractivity contribution in [2.45, 2.75) is 6.42 Å². The Hall–Kier alpha value is -1.81. The molecule has 4 heteroatoms. The number of H-pyrrole nitrogens is 1. The van der Waals surface area contributed by atoms with Crippen LogP contribution in [0.15, 0.2) is 35.3 Å². The molecule has 0 amide bonds. The maximum Gasteiger partial charge on any atom is 0.189 e. The predicted molar refractivity (Wildman–Crippen MR) is 73.9 cm³/mol. The van der Waals surface area contributed by atoms with Crippen molar-refractivity contribution in [3.05, 3.63) is 40.7 Å². The number of anilines is 1. The second kappa shape index (κ2) is 4.46. The van der Waals surface area contributed by atoms with Crippen molar-refractivity contribution >= 4 is 16.6 Å². The molecular formula is C14H17N3O. The smallest absolute Gasteiger partial charge is 0.189 e. The molecule has 1 aliphatic rings. The molecule has 1 atom stereocenters. The van der Waals surface area contributed by atoms with Crippen LogP contribution in [-0.2, 0) is 0 Å². The summed E-state index contributed by atoms with van der Waals surface area (Å²) in [4.78, 5) is 17.1. The minimum absolute atomic E-state index is 0.0663. The van der Waals surface area contributed by atoms with Gasteiger partial charge in [-0.1, -0.05) is 0 Å². The van der Waals surface area contributed by atoms with E-state index in [1.54, 1.807) is 12.3 Å². The van der Waals surface area contributed by atoms with E-state index in [4.69, 9.17) is 5.73 Å². The monoisotopic (exact) mass is 243 g/mol. The molecule has 0 radical (unpaired) electrons. The SMILES string of the molecule is NCC1CCN(c2ccc3c(=O)cc[nH]c3c2)C1. The van der Waals surface area contributed by atoms with Crippen LogP contribution in [-0.4, -0.2) is 24.6 Å². The Bertz CT molecular complexity index is 620. The molecule has 2 aromatic rings. The van der Waals surface area contributed by atoms with E-state index in [0.717, 1.165) is 37.0 Å². The van der Waals surface area contributed by atoms with Crippen LogP contribution in [0.3, 0.4) is 0 Å². The van der Waals surface area contributed by atoms with E-state index in [9.17, 15) is 4.79 Å². The Labute approximate surface area is 105 Å². The highest BCUT2D eigenvalue weighted by atomic mass is 16.1. The number of aromatic nitrogens is 1. The predicted octanol–water partition coefficient (Wildman–Crippen LogP) is 1.31. The minimum atomic E-state index is 0.0663. The molecule has 0 aliphatic carbocycles. The molecule has 1 aromatic carbocycles. The van der Waals surface area contributed by atoms with Crippen molar-refractivity contribution in [3.8, 4) is 0 Å². The summed E-state index contributed by atoms with van der Waals surface area (Å²) in [6.07, 6.45) is 2.85. The van der Waals surface area contributed by atoms with E-state index >= 15 is 0 Å². The molecule has 1 fully saturated rings. The van der Waals surface area contributed by atoms with Crippen molar-refractivity contribution in [1.29, 1.82) is 0 Å². The third-order valence-corrected chi connectivity index (χ3v) is 3.73. The third-order valence-electron chi connectivity index (χ3n) is 3.73. The highest BCUT2D eigenvalue weighted by Crippen LogP contribution is 2.25. The van der Waals surface area contributed by atoms with Crippen LogP contribution >= 0.6 is 0 Å². The lowest BCUT2D eigenvalue weighted by Gasteiger charge is -2.18. The van der Waals surface area contributed by atoms with Gasteiger partial charge in [0, 0.05) is 36.4 Å². The lowest BCUT2D eigenvalue weighted by Crippen LogP contribution is -2.22. The van der Waals surface area contributed by atoms with Gasteiger partial charge in [-0.05, 0) is 37.1 Å². The summed E-state index contributed by atoms with van der Waals surface area (Å²) < 4.78 is 0. The average Bonchev–Trinajstić information content (AvgIpc) is 2.87. The zero-order chi connectivity index (χ0) is 12.5. The maximum atomic E-state index is 11.7. The number of nitrogens with two attached hydrogens (primary N) is 1. The first-order chi connectivity index (χ1) is 8.78. The molecule has 1 aromatic heterocycles. The molecule has 3 rings (SSSR count). The van der Waals surface area contributed by atoms with Crippen LogP contribution < -0.4 is 16.1 Å². The Morgan fingerprint density at radius 1 is 1.39 bits per heavy atom. The largest absolute Gasteiger partial charge is 0.371 e. The fourth-order valence-corrected chi connectivity index (χ4v) is 2.62. The van der Waals surface area contributed by atoms with Crippen LogP contribution in [0.4, 0.5) is 5.69 Å². The van der Waals surface area contributed by atoms with Crippen LogP contribution in [0.1, 0.15) is 6.42 Å². The molecule has 2 heterocycles. The second-order valence-corrected chi connectivity index (χ2v) is 4.91. The number of nitrogens with zero attached hydrogens (tertiary/aromatic N) is 1. The van der Waals surface area contributed by atoms with Gasteiger partial charge >= 0.3 is 0 Å². The minimum Gasteiger partial charge on any atom is -0.371 e. The Morgan fingerprint density at radius 2 is 2.28 bits per heavy atom. The first kappa shape index (κ1) is 11.3. The first-order valence-electron chi connectivity index (χ1n) is 6.34. The summed E-state index contributed by atoms with van der Waals surface area (Å²) in [7, 11) is 0. The number of aromatic amines is 1. The van der Waals surface area contributed by atoms with E-state index in [-0.39, 0.29) is 5.43 Å². The number of benzene rings is 1. The second-order valence-electron chi connectivity index (χ2n) is 4.91. The molecule has 0 saturated carbocycles. The van der Waals surface area contributed by atoms with Gasteiger partial charge in [-0.3, -0.25) is 4.79 Å². The lowest BCUT2D eigenvalue weighted by molar-refractivity contribution is 0.603. The fourth-order valence-electron chi connectivity index (χ4n) is 2.62. The van der Waals surface area contributed by atoms with Gasteiger partial charge in [-0.15, -0.1) is 0 Å². The molecule has 0 bridgehead atoms. The summed E-state index contributed by atoms with van der Waals surface area (Å²) in [5.74, 6) is 0.593. The van der Waals surface area contributed by atoms with Crippen molar-refractivity contribution < 1.29 is 0 Å². The zero-order valence-corrected chi connectivity index (χ0v) is 10.2. The summed E-state index contributed by atoms with van der Waals surface area (Å²) in [5.41, 5.74) is 7.84.